The first kappa shape index (κ1) is 17.8. The molecule has 134 valence electrons. The molecule has 5 nitrogen and oxygen atoms in total. The van der Waals surface area contributed by atoms with E-state index in [4.69, 9.17) is 0 Å². The number of thioether (sulfide) groups is 1. The molecule has 2 aromatic carbocycles. The van der Waals surface area contributed by atoms with Gasteiger partial charge in [0, 0.05) is 21.0 Å². The summed E-state index contributed by atoms with van der Waals surface area (Å²) in [5.74, 6) is -0.119. The maximum Gasteiger partial charge on any atom is 0.279 e. The topological polar surface area (TPSA) is 66.8 Å². The fraction of sp³-hybridized carbons (Fsp3) is 0.222. The molecule has 0 saturated carbocycles. The van der Waals surface area contributed by atoms with Gasteiger partial charge in [0.2, 0.25) is 0 Å². The van der Waals surface area contributed by atoms with E-state index in [0.717, 1.165) is 10.2 Å². The standard InChI is InChI=1S/C18H15BrN2O3S2/c19-13-8-6-12(7-9-13)17(22)20-18-21(14-4-2-1-3-5-14)15-10-26(23,24)11-16(15)25-18/h1-9,15-16H,10-11H2/t15-,16-/m0/s1. The van der Waals surface area contributed by atoms with Crippen molar-refractivity contribution < 1.29 is 13.2 Å². The lowest BCUT2D eigenvalue weighted by Gasteiger charge is -2.24. The van der Waals surface area contributed by atoms with Gasteiger partial charge in [0.05, 0.1) is 17.5 Å². The molecule has 1 amide bonds. The van der Waals surface area contributed by atoms with Crippen LogP contribution in [0.25, 0.3) is 0 Å². The lowest BCUT2D eigenvalue weighted by atomic mass is 10.2. The van der Waals surface area contributed by atoms with Gasteiger partial charge in [-0.2, -0.15) is 4.99 Å². The largest absolute Gasteiger partial charge is 0.316 e. The van der Waals surface area contributed by atoms with Crippen molar-refractivity contribution in [3.63, 3.8) is 0 Å². The summed E-state index contributed by atoms with van der Waals surface area (Å²) in [5, 5.41) is 0.464. The van der Waals surface area contributed by atoms with Gasteiger partial charge < -0.3 is 4.90 Å². The number of fused-ring (bicyclic) bond motifs is 1. The van der Waals surface area contributed by atoms with Gasteiger partial charge in [-0.05, 0) is 36.4 Å². The highest BCUT2D eigenvalue weighted by atomic mass is 79.9. The molecule has 2 aliphatic rings. The van der Waals surface area contributed by atoms with Crippen LogP contribution in [0.4, 0.5) is 5.69 Å². The van der Waals surface area contributed by atoms with E-state index in [2.05, 4.69) is 20.9 Å². The van der Waals surface area contributed by atoms with Crippen molar-refractivity contribution in [1.82, 2.24) is 0 Å². The molecule has 4 rings (SSSR count). The maximum atomic E-state index is 12.6. The molecule has 2 aliphatic heterocycles. The lowest BCUT2D eigenvalue weighted by molar-refractivity contribution is 0.100. The third-order valence-electron chi connectivity index (χ3n) is 4.39. The van der Waals surface area contributed by atoms with Gasteiger partial charge >= 0.3 is 0 Å². The van der Waals surface area contributed by atoms with Gasteiger partial charge in [0.15, 0.2) is 15.0 Å². The monoisotopic (exact) mass is 450 g/mol. The molecule has 0 aliphatic carbocycles. The van der Waals surface area contributed by atoms with Crippen LogP contribution in [-0.4, -0.2) is 42.3 Å². The average molecular weight is 451 g/mol. The van der Waals surface area contributed by atoms with Gasteiger partial charge in [-0.1, -0.05) is 45.9 Å². The second-order valence-corrected chi connectivity index (χ2v) is 10.5. The molecule has 0 radical (unpaired) electrons. The first-order chi connectivity index (χ1) is 12.4. The minimum absolute atomic E-state index is 0.0883. The van der Waals surface area contributed by atoms with Crippen molar-refractivity contribution in [2.45, 2.75) is 11.3 Å². The Morgan fingerprint density at radius 2 is 1.77 bits per heavy atom. The van der Waals surface area contributed by atoms with Gasteiger partial charge in [-0.15, -0.1) is 0 Å². The number of rotatable bonds is 2. The molecule has 0 N–H and O–H groups in total. The van der Waals surface area contributed by atoms with Gasteiger partial charge in [-0.25, -0.2) is 8.42 Å². The predicted octanol–water partition coefficient (Wildman–Crippen LogP) is 3.36. The Balaban J connectivity index is 1.70. The van der Waals surface area contributed by atoms with Crippen LogP contribution in [0.5, 0.6) is 0 Å². The third kappa shape index (κ3) is 3.45. The molecule has 26 heavy (non-hydrogen) atoms. The molecule has 2 heterocycles. The van der Waals surface area contributed by atoms with E-state index in [9.17, 15) is 13.2 Å². The Kier molecular flexibility index (Phi) is 4.66. The van der Waals surface area contributed by atoms with E-state index in [1.807, 2.05) is 35.2 Å². The molecule has 2 aromatic rings. The number of aliphatic imine (C=N–C) groups is 1. The van der Waals surface area contributed by atoms with Crippen LogP contribution in [0.3, 0.4) is 0 Å². The van der Waals surface area contributed by atoms with Crippen molar-refractivity contribution >= 4 is 54.3 Å². The first-order valence-corrected chi connectivity index (χ1v) is 11.5. The van der Waals surface area contributed by atoms with E-state index in [1.165, 1.54) is 11.8 Å². The van der Waals surface area contributed by atoms with Crippen LogP contribution in [0.15, 0.2) is 64.1 Å². The summed E-state index contributed by atoms with van der Waals surface area (Å²) in [4.78, 5) is 18.8. The summed E-state index contributed by atoms with van der Waals surface area (Å²) < 4.78 is 25.0. The Morgan fingerprint density at radius 1 is 1.08 bits per heavy atom. The van der Waals surface area contributed by atoms with Crippen molar-refractivity contribution in [3.05, 3.63) is 64.6 Å². The number of hydrogen-bond donors (Lipinski definition) is 0. The Morgan fingerprint density at radius 3 is 2.46 bits per heavy atom. The van der Waals surface area contributed by atoms with Crippen LogP contribution in [0.2, 0.25) is 0 Å². The van der Waals surface area contributed by atoms with Crippen LogP contribution < -0.4 is 4.90 Å². The number of amides is 1. The van der Waals surface area contributed by atoms with E-state index >= 15 is 0 Å². The fourth-order valence-electron chi connectivity index (χ4n) is 3.20. The summed E-state index contributed by atoms with van der Waals surface area (Å²) in [6.45, 7) is 0. The van der Waals surface area contributed by atoms with E-state index in [-0.39, 0.29) is 28.7 Å². The Labute approximate surface area is 164 Å². The van der Waals surface area contributed by atoms with Crippen LogP contribution >= 0.6 is 27.7 Å². The molecule has 2 atom stereocenters. The van der Waals surface area contributed by atoms with Crippen molar-refractivity contribution in [1.29, 1.82) is 0 Å². The minimum Gasteiger partial charge on any atom is -0.316 e. The molecule has 2 saturated heterocycles. The molecular formula is C18H15BrN2O3S2. The molecule has 2 fully saturated rings. The number of hydrogen-bond acceptors (Lipinski definition) is 4. The Bertz CT molecular complexity index is 975. The number of sulfone groups is 1. The number of amidine groups is 1. The zero-order valence-corrected chi connectivity index (χ0v) is 16.8. The summed E-state index contributed by atoms with van der Waals surface area (Å²) in [6, 6.07) is 16.3. The van der Waals surface area contributed by atoms with Gasteiger partial charge in [-0.3, -0.25) is 4.79 Å². The first-order valence-electron chi connectivity index (χ1n) is 8.03. The second-order valence-electron chi connectivity index (χ2n) is 6.21. The highest BCUT2D eigenvalue weighted by Gasteiger charge is 2.49. The smallest absolute Gasteiger partial charge is 0.279 e. The van der Waals surface area contributed by atoms with Crippen molar-refractivity contribution in [3.8, 4) is 0 Å². The van der Waals surface area contributed by atoms with Crippen molar-refractivity contribution in [2.75, 3.05) is 16.4 Å². The Hall–Kier alpha value is -1.64. The number of halogens is 1. The SMILES string of the molecule is O=C(N=C1S[C@H]2CS(=O)(=O)C[C@@H]2N1c1ccccc1)c1ccc(Br)cc1. The highest BCUT2D eigenvalue weighted by molar-refractivity contribution is 9.10. The zero-order chi connectivity index (χ0) is 18.3. The summed E-state index contributed by atoms with van der Waals surface area (Å²) in [5.41, 5.74) is 1.35. The highest BCUT2D eigenvalue weighted by Crippen LogP contribution is 2.40. The van der Waals surface area contributed by atoms with Gasteiger partial charge in [0.1, 0.15) is 0 Å². The number of benzene rings is 2. The van der Waals surface area contributed by atoms with E-state index < -0.39 is 9.84 Å². The van der Waals surface area contributed by atoms with Crippen LogP contribution in [0, 0.1) is 0 Å². The number of carbonyl (C=O) groups excluding carboxylic acids is 1. The summed E-state index contributed by atoms with van der Waals surface area (Å²) in [7, 11) is -3.06. The normalized spacial score (nSPS) is 25.4. The minimum atomic E-state index is -3.06. The molecule has 0 unspecified atom stereocenters. The second kappa shape index (κ2) is 6.83. The van der Waals surface area contributed by atoms with Gasteiger partial charge in [0.25, 0.3) is 5.91 Å². The third-order valence-corrected chi connectivity index (χ3v) is 8.13. The summed E-state index contributed by atoms with van der Waals surface area (Å²) in [6.07, 6.45) is 0. The van der Waals surface area contributed by atoms with E-state index in [1.54, 1.807) is 24.3 Å². The lowest BCUT2D eigenvalue weighted by Crippen LogP contribution is -2.37. The number of para-hydroxylation sites is 1. The van der Waals surface area contributed by atoms with Crippen molar-refractivity contribution in [2.24, 2.45) is 4.99 Å². The molecule has 0 bridgehead atoms. The molecule has 0 aromatic heterocycles. The quantitative estimate of drug-likeness (QED) is 0.701. The van der Waals surface area contributed by atoms with Crippen LogP contribution in [-0.2, 0) is 9.84 Å². The summed E-state index contributed by atoms with van der Waals surface area (Å²) >= 11 is 4.73. The maximum absolute atomic E-state index is 12.6. The molecule has 8 heteroatoms. The zero-order valence-electron chi connectivity index (χ0n) is 13.6. The predicted molar refractivity (Wildman–Crippen MR) is 109 cm³/mol. The number of nitrogens with zero attached hydrogens (tertiary/aromatic N) is 2. The average Bonchev–Trinajstić information content (AvgIpc) is 3.07. The number of anilines is 1. The molecular weight excluding hydrogens is 436 g/mol. The number of carbonyl (C=O) groups is 1. The van der Waals surface area contributed by atoms with Crippen LogP contribution in [0.1, 0.15) is 10.4 Å². The fourth-order valence-corrected chi connectivity index (χ4v) is 7.38. The molecule has 0 spiro atoms. The van der Waals surface area contributed by atoms with E-state index in [0.29, 0.717) is 10.7 Å².